The van der Waals surface area contributed by atoms with Crippen molar-refractivity contribution in [3.05, 3.63) is 6.33 Å². The van der Waals surface area contributed by atoms with Gasteiger partial charge in [-0.05, 0) is 13.3 Å². The molecular weight excluding hydrogens is 174 g/mol. The van der Waals surface area contributed by atoms with Gasteiger partial charge in [-0.3, -0.25) is 5.10 Å². The zero-order valence-corrected chi connectivity index (χ0v) is 7.73. The highest BCUT2D eigenvalue weighted by molar-refractivity contribution is 7.99. The molecule has 1 aromatic heterocycles. The minimum atomic E-state index is 0.244. The van der Waals surface area contributed by atoms with E-state index >= 15 is 0 Å². The van der Waals surface area contributed by atoms with Crippen LogP contribution in [0.25, 0.3) is 0 Å². The first-order chi connectivity index (χ1) is 5.79. The van der Waals surface area contributed by atoms with Crippen molar-refractivity contribution in [3.63, 3.8) is 0 Å². The van der Waals surface area contributed by atoms with Gasteiger partial charge in [0.25, 0.3) is 0 Å². The molecule has 0 fully saturated rings. The van der Waals surface area contributed by atoms with Gasteiger partial charge >= 0.3 is 0 Å². The quantitative estimate of drug-likeness (QED) is 0.554. The molecule has 0 aromatic carbocycles. The van der Waals surface area contributed by atoms with Gasteiger partial charge in [0.15, 0.2) is 5.16 Å². The van der Waals surface area contributed by atoms with Crippen molar-refractivity contribution in [2.75, 3.05) is 5.75 Å². The van der Waals surface area contributed by atoms with E-state index in [9.17, 15) is 4.79 Å². The summed E-state index contributed by atoms with van der Waals surface area (Å²) in [5.74, 6) is 1.16. The minimum Gasteiger partial charge on any atom is -0.300 e. The number of H-pyrrole nitrogens is 1. The third-order valence-corrected chi connectivity index (χ3v) is 2.27. The van der Waals surface area contributed by atoms with Gasteiger partial charge in [-0.2, -0.15) is 5.10 Å². The van der Waals surface area contributed by atoms with E-state index in [1.54, 1.807) is 18.7 Å². The Morgan fingerprint density at radius 3 is 3.17 bits per heavy atom. The standard InChI is InChI=1S/C7H11N3OS/c1-6(11)3-2-4-12-7-8-5-9-10-7/h5H,2-4H2,1H3,(H,8,9,10). The first kappa shape index (κ1) is 9.25. The first-order valence-corrected chi connectivity index (χ1v) is 4.75. The second-order valence-corrected chi connectivity index (χ2v) is 3.53. The van der Waals surface area contributed by atoms with Crippen LogP contribution in [0.1, 0.15) is 19.8 Å². The summed E-state index contributed by atoms with van der Waals surface area (Å²) < 4.78 is 0. The number of hydrogen-bond acceptors (Lipinski definition) is 4. The van der Waals surface area contributed by atoms with Crippen molar-refractivity contribution in [1.29, 1.82) is 0 Å². The Bertz CT molecular complexity index is 235. The summed E-state index contributed by atoms with van der Waals surface area (Å²) in [6, 6.07) is 0. The molecule has 0 aliphatic heterocycles. The van der Waals surface area contributed by atoms with Crippen molar-refractivity contribution in [1.82, 2.24) is 15.2 Å². The lowest BCUT2D eigenvalue weighted by Gasteiger charge is -1.94. The molecule has 4 nitrogen and oxygen atoms in total. The largest absolute Gasteiger partial charge is 0.300 e. The van der Waals surface area contributed by atoms with E-state index in [0.29, 0.717) is 6.42 Å². The maximum atomic E-state index is 10.6. The number of aromatic nitrogens is 3. The summed E-state index contributed by atoms with van der Waals surface area (Å²) in [6.07, 6.45) is 3.04. The van der Waals surface area contributed by atoms with E-state index in [2.05, 4.69) is 15.2 Å². The van der Waals surface area contributed by atoms with E-state index in [4.69, 9.17) is 0 Å². The molecule has 0 amide bonds. The number of ketones is 1. The number of nitrogens with one attached hydrogen (secondary N) is 1. The zero-order chi connectivity index (χ0) is 8.81. The van der Waals surface area contributed by atoms with E-state index in [0.717, 1.165) is 17.3 Å². The van der Waals surface area contributed by atoms with E-state index < -0.39 is 0 Å². The normalized spacial score (nSPS) is 10.1. The van der Waals surface area contributed by atoms with Crippen LogP contribution >= 0.6 is 11.8 Å². The molecule has 0 saturated heterocycles. The third-order valence-electron chi connectivity index (χ3n) is 1.30. The second kappa shape index (κ2) is 4.92. The maximum Gasteiger partial charge on any atom is 0.183 e. The van der Waals surface area contributed by atoms with Crippen LogP contribution in [0.3, 0.4) is 0 Å². The van der Waals surface area contributed by atoms with Crippen LogP contribution in [0.4, 0.5) is 0 Å². The predicted molar refractivity (Wildman–Crippen MR) is 47.0 cm³/mol. The van der Waals surface area contributed by atoms with Crippen LogP contribution in [0.15, 0.2) is 11.5 Å². The number of carbonyl (C=O) groups is 1. The molecule has 0 radical (unpaired) electrons. The molecule has 0 saturated carbocycles. The monoisotopic (exact) mass is 185 g/mol. The Morgan fingerprint density at radius 2 is 2.58 bits per heavy atom. The molecule has 0 aliphatic rings. The molecular formula is C7H11N3OS. The van der Waals surface area contributed by atoms with Gasteiger partial charge in [0, 0.05) is 12.2 Å². The van der Waals surface area contributed by atoms with Crippen molar-refractivity contribution < 1.29 is 4.79 Å². The van der Waals surface area contributed by atoms with Gasteiger partial charge in [-0.1, -0.05) is 11.8 Å². The topological polar surface area (TPSA) is 58.6 Å². The van der Waals surface area contributed by atoms with Crippen LogP contribution in [-0.4, -0.2) is 26.7 Å². The number of hydrogen-bond donors (Lipinski definition) is 1. The van der Waals surface area contributed by atoms with Crippen molar-refractivity contribution >= 4 is 17.5 Å². The van der Waals surface area contributed by atoms with Crippen LogP contribution in [0.5, 0.6) is 0 Å². The number of carbonyl (C=O) groups excluding carboxylic acids is 1. The smallest absolute Gasteiger partial charge is 0.183 e. The fourth-order valence-corrected chi connectivity index (χ4v) is 1.47. The number of Topliss-reactive ketones (excluding diaryl/α,β-unsaturated/α-hetero) is 1. The summed E-state index contributed by atoms with van der Waals surface area (Å²) in [7, 11) is 0. The summed E-state index contributed by atoms with van der Waals surface area (Å²) in [4.78, 5) is 14.5. The highest BCUT2D eigenvalue weighted by atomic mass is 32.2. The highest BCUT2D eigenvalue weighted by Crippen LogP contribution is 2.12. The Kier molecular flexibility index (Phi) is 3.79. The van der Waals surface area contributed by atoms with Crippen molar-refractivity contribution in [2.24, 2.45) is 0 Å². The highest BCUT2D eigenvalue weighted by Gasteiger charge is 1.97. The number of nitrogens with zero attached hydrogens (tertiary/aromatic N) is 2. The summed E-state index contributed by atoms with van der Waals surface area (Å²) >= 11 is 1.59. The number of rotatable bonds is 5. The van der Waals surface area contributed by atoms with E-state index in [1.165, 1.54) is 6.33 Å². The van der Waals surface area contributed by atoms with Crippen molar-refractivity contribution in [3.8, 4) is 0 Å². The van der Waals surface area contributed by atoms with Gasteiger partial charge in [-0.25, -0.2) is 4.98 Å². The first-order valence-electron chi connectivity index (χ1n) is 3.76. The number of thioether (sulfide) groups is 1. The average molecular weight is 185 g/mol. The molecule has 12 heavy (non-hydrogen) atoms. The SMILES string of the molecule is CC(=O)CCCSc1ncn[nH]1. The fraction of sp³-hybridized carbons (Fsp3) is 0.571. The van der Waals surface area contributed by atoms with Gasteiger partial charge in [0.2, 0.25) is 0 Å². The maximum absolute atomic E-state index is 10.6. The molecule has 0 spiro atoms. The van der Waals surface area contributed by atoms with Crippen LogP contribution in [0.2, 0.25) is 0 Å². The molecule has 1 rings (SSSR count). The van der Waals surface area contributed by atoms with Crippen LogP contribution in [0, 0.1) is 0 Å². The van der Waals surface area contributed by atoms with Crippen molar-refractivity contribution in [2.45, 2.75) is 24.9 Å². The van der Waals surface area contributed by atoms with Crippen LogP contribution < -0.4 is 0 Å². The molecule has 1 heterocycles. The van der Waals surface area contributed by atoms with Gasteiger partial charge in [-0.15, -0.1) is 0 Å². The van der Waals surface area contributed by atoms with Crippen LogP contribution in [-0.2, 0) is 4.79 Å². The lowest BCUT2D eigenvalue weighted by Crippen LogP contribution is -1.91. The molecule has 1 aromatic rings. The minimum absolute atomic E-state index is 0.244. The van der Waals surface area contributed by atoms with E-state index in [-0.39, 0.29) is 5.78 Å². The molecule has 66 valence electrons. The molecule has 5 heteroatoms. The Hall–Kier alpha value is -0.840. The average Bonchev–Trinajstić information content (AvgIpc) is 2.49. The summed E-state index contributed by atoms with van der Waals surface area (Å²) in [5, 5.41) is 7.27. The van der Waals surface area contributed by atoms with E-state index in [1.807, 2.05) is 0 Å². The Balaban J connectivity index is 2.07. The predicted octanol–water partition coefficient (Wildman–Crippen LogP) is 1.27. The molecule has 0 bridgehead atoms. The zero-order valence-electron chi connectivity index (χ0n) is 6.91. The lowest BCUT2D eigenvalue weighted by atomic mass is 10.3. The lowest BCUT2D eigenvalue weighted by molar-refractivity contribution is -0.117. The fourth-order valence-electron chi connectivity index (χ4n) is 0.754. The van der Waals surface area contributed by atoms with Gasteiger partial charge in [0.05, 0.1) is 0 Å². The third kappa shape index (κ3) is 3.52. The summed E-state index contributed by atoms with van der Waals surface area (Å²) in [5.41, 5.74) is 0. The summed E-state index contributed by atoms with van der Waals surface area (Å²) in [6.45, 7) is 1.61. The molecule has 0 atom stereocenters. The Morgan fingerprint density at radius 1 is 1.75 bits per heavy atom. The Labute approximate surface area is 75.2 Å². The second-order valence-electron chi connectivity index (χ2n) is 2.44. The number of aromatic amines is 1. The van der Waals surface area contributed by atoms with Gasteiger partial charge < -0.3 is 4.79 Å². The van der Waals surface area contributed by atoms with Gasteiger partial charge in [0.1, 0.15) is 12.1 Å². The molecule has 0 unspecified atom stereocenters. The molecule has 1 N–H and O–H groups in total. The molecule has 0 aliphatic carbocycles.